The Balaban J connectivity index is 1.26. The van der Waals surface area contributed by atoms with Gasteiger partial charge in [0.1, 0.15) is 6.04 Å². The molecule has 1 aromatic rings. The number of carbonyl (C=O) groups excluding carboxylic acids is 3. The molecule has 0 aliphatic carbocycles. The van der Waals surface area contributed by atoms with Crippen LogP contribution >= 0.6 is 0 Å². The van der Waals surface area contributed by atoms with Crippen molar-refractivity contribution in [2.24, 2.45) is 5.92 Å². The van der Waals surface area contributed by atoms with Crippen LogP contribution in [0.15, 0.2) is 18.2 Å². The molecule has 4 aliphatic heterocycles. The summed E-state index contributed by atoms with van der Waals surface area (Å²) in [5, 5.41) is 6.02. The molecule has 0 bridgehead atoms. The number of nitrogens with zero attached hydrogens (tertiary/aromatic N) is 2. The van der Waals surface area contributed by atoms with E-state index in [4.69, 9.17) is 0 Å². The fourth-order valence-electron chi connectivity index (χ4n) is 5.45. The molecule has 4 aliphatic rings. The maximum Gasteiger partial charge on any atom is 0.255 e. The van der Waals surface area contributed by atoms with Gasteiger partial charge in [0, 0.05) is 37.7 Å². The maximum absolute atomic E-state index is 12.8. The Labute approximate surface area is 170 Å². The van der Waals surface area contributed by atoms with E-state index < -0.39 is 6.04 Å². The van der Waals surface area contributed by atoms with E-state index in [0.717, 1.165) is 37.7 Å². The number of rotatable bonds is 3. The van der Waals surface area contributed by atoms with Gasteiger partial charge in [-0.25, -0.2) is 0 Å². The largest absolute Gasteiger partial charge is 0.322 e. The zero-order valence-electron chi connectivity index (χ0n) is 16.7. The van der Waals surface area contributed by atoms with Crippen LogP contribution in [0.2, 0.25) is 0 Å². The number of benzene rings is 1. The molecule has 0 aromatic heterocycles. The van der Waals surface area contributed by atoms with Gasteiger partial charge < -0.3 is 10.2 Å². The molecule has 0 spiro atoms. The van der Waals surface area contributed by atoms with Gasteiger partial charge in [0.2, 0.25) is 11.8 Å². The zero-order chi connectivity index (χ0) is 20.0. The number of carbonyl (C=O) groups is 3. The lowest BCUT2D eigenvalue weighted by atomic mass is 9.85. The Hall–Kier alpha value is -2.25. The first kappa shape index (κ1) is 18.8. The summed E-state index contributed by atoms with van der Waals surface area (Å²) in [5.41, 5.74) is 2.91. The molecule has 3 saturated heterocycles. The van der Waals surface area contributed by atoms with Gasteiger partial charge in [0.05, 0.1) is 0 Å². The summed E-state index contributed by atoms with van der Waals surface area (Å²) in [4.78, 5) is 40.6. The number of nitrogens with one attached hydrogen (secondary N) is 2. The lowest BCUT2D eigenvalue weighted by Gasteiger charge is -2.41. The topological polar surface area (TPSA) is 81.8 Å². The minimum Gasteiger partial charge on any atom is -0.322 e. The minimum absolute atomic E-state index is 0.102. The summed E-state index contributed by atoms with van der Waals surface area (Å²) in [6.07, 6.45) is 4.48. The van der Waals surface area contributed by atoms with Crippen LogP contribution in [0.4, 0.5) is 0 Å². The van der Waals surface area contributed by atoms with Gasteiger partial charge >= 0.3 is 0 Å². The zero-order valence-corrected chi connectivity index (χ0v) is 16.7. The lowest BCUT2D eigenvalue weighted by molar-refractivity contribution is -0.136. The van der Waals surface area contributed by atoms with E-state index in [1.807, 2.05) is 6.07 Å². The second-order valence-electron chi connectivity index (χ2n) is 8.88. The van der Waals surface area contributed by atoms with Crippen molar-refractivity contribution in [3.8, 4) is 0 Å². The van der Waals surface area contributed by atoms with E-state index in [0.29, 0.717) is 24.6 Å². The quantitative estimate of drug-likeness (QED) is 0.746. The number of likely N-dealkylation sites (tertiary alicyclic amines) is 1. The Morgan fingerprint density at radius 2 is 2.00 bits per heavy atom. The van der Waals surface area contributed by atoms with Gasteiger partial charge in [-0.1, -0.05) is 12.1 Å². The molecule has 3 fully saturated rings. The number of amides is 3. The van der Waals surface area contributed by atoms with Crippen molar-refractivity contribution in [1.29, 1.82) is 0 Å². The van der Waals surface area contributed by atoms with Gasteiger partial charge in [-0.15, -0.1) is 0 Å². The highest BCUT2D eigenvalue weighted by Crippen LogP contribution is 2.30. The van der Waals surface area contributed by atoms with Crippen LogP contribution in [0.25, 0.3) is 0 Å². The molecule has 7 heteroatoms. The van der Waals surface area contributed by atoms with Crippen molar-refractivity contribution in [2.75, 3.05) is 19.6 Å². The third-order valence-corrected chi connectivity index (χ3v) is 6.97. The van der Waals surface area contributed by atoms with Gasteiger partial charge in [0.15, 0.2) is 0 Å². The van der Waals surface area contributed by atoms with E-state index >= 15 is 0 Å². The first-order valence-electron chi connectivity index (χ1n) is 10.8. The Kier molecular flexibility index (Phi) is 4.87. The first-order valence-corrected chi connectivity index (χ1v) is 10.8. The summed E-state index contributed by atoms with van der Waals surface area (Å²) < 4.78 is 0. The molecular weight excluding hydrogens is 368 g/mol. The third kappa shape index (κ3) is 3.57. The SMILES string of the molecule is O=C1CCC(N2Cc3cc(CN4CCC5NCCCC5C4)ccc3C2=O)C(=O)N1. The fraction of sp³-hybridized carbons (Fsp3) is 0.591. The normalized spacial score (nSPS) is 30.1. The summed E-state index contributed by atoms with van der Waals surface area (Å²) >= 11 is 0. The molecule has 0 saturated carbocycles. The summed E-state index contributed by atoms with van der Waals surface area (Å²) in [7, 11) is 0. The molecule has 5 rings (SSSR count). The lowest BCUT2D eigenvalue weighted by Crippen LogP contribution is -2.52. The van der Waals surface area contributed by atoms with Crippen LogP contribution < -0.4 is 10.6 Å². The summed E-state index contributed by atoms with van der Waals surface area (Å²) in [6.45, 7) is 4.75. The second-order valence-corrected chi connectivity index (χ2v) is 8.88. The van der Waals surface area contributed by atoms with Crippen LogP contribution in [0.1, 0.15) is 53.6 Å². The first-order chi connectivity index (χ1) is 14.1. The van der Waals surface area contributed by atoms with Crippen LogP contribution in [0.5, 0.6) is 0 Å². The van der Waals surface area contributed by atoms with Crippen molar-refractivity contribution >= 4 is 17.7 Å². The van der Waals surface area contributed by atoms with E-state index in [1.165, 1.54) is 24.8 Å². The molecule has 1 aromatic carbocycles. The number of fused-ring (bicyclic) bond motifs is 2. The van der Waals surface area contributed by atoms with Crippen LogP contribution in [-0.4, -0.2) is 59.2 Å². The average Bonchev–Trinajstić information content (AvgIpc) is 3.04. The monoisotopic (exact) mass is 396 g/mol. The number of hydrogen-bond acceptors (Lipinski definition) is 5. The van der Waals surface area contributed by atoms with E-state index in [9.17, 15) is 14.4 Å². The Bertz CT molecular complexity index is 854. The fourth-order valence-corrected chi connectivity index (χ4v) is 5.45. The predicted octanol–water partition coefficient (Wildman–Crippen LogP) is 1.02. The van der Waals surface area contributed by atoms with Gasteiger partial charge in [0.25, 0.3) is 5.91 Å². The Morgan fingerprint density at radius 3 is 2.86 bits per heavy atom. The molecule has 3 amide bonds. The molecule has 4 heterocycles. The number of piperidine rings is 3. The van der Waals surface area contributed by atoms with Crippen molar-refractivity contribution in [3.63, 3.8) is 0 Å². The molecule has 3 atom stereocenters. The van der Waals surface area contributed by atoms with Crippen molar-refractivity contribution in [1.82, 2.24) is 20.4 Å². The standard InChI is InChI=1S/C22H28N4O3/c27-20-6-5-19(21(28)24-20)26-13-16-10-14(3-4-17(16)22(26)29)11-25-9-7-18-15(12-25)2-1-8-23-18/h3-4,10,15,18-19,23H,1-2,5-9,11-13H2,(H,24,27,28). The van der Waals surface area contributed by atoms with Crippen LogP contribution in [0, 0.1) is 5.92 Å². The molecule has 3 unspecified atom stereocenters. The number of hydrogen-bond donors (Lipinski definition) is 2. The predicted molar refractivity (Wildman–Crippen MR) is 107 cm³/mol. The molecule has 2 N–H and O–H groups in total. The molecule has 0 radical (unpaired) electrons. The minimum atomic E-state index is -0.547. The molecular formula is C22H28N4O3. The highest BCUT2D eigenvalue weighted by molar-refractivity contribution is 6.05. The Morgan fingerprint density at radius 1 is 1.10 bits per heavy atom. The van der Waals surface area contributed by atoms with Crippen molar-refractivity contribution < 1.29 is 14.4 Å². The molecule has 7 nitrogen and oxygen atoms in total. The van der Waals surface area contributed by atoms with Crippen LogP contribution in [0.3, 0.4) is 0 Å². The van der Waals surface area contributed by atoms with Crippen molar-refractivity contribution in [2.45, 2.75) is 57.3 Å². The molecule has 29 heavy (non-hydrogen) atoms. The average molecular weight is 396 g/mol. The van der Waals surface area contributed by atoms with E-state index in [2.05, 4.69) is 27.7 Å². The smallest absolute Gasteiger partial charge is 0.255 e. The van der Waals surface area contributed by atoms with E-state index in [-0.39, 0.29) is 24.1 Å². The third-order valence-electron chi connectivity index (χ3n) is 6.97. The van der Waals surface area contributed by atoms with Gasteiger partial charge in [-0.3, -0.25) is 24.6 Å². The molecule has 154 valence electrons. The highest BCUT2D eigenvalue weighted by Gasteiger charge is 2.39. The van der Waals surface area contributed by atoms with E-state index in [1.54, 1.807) is 4.90 Å². The van der Waals surface area contributed by atoms with Gasteiger partial charge in [-0.2, -0.15) is 0 Å². The maximum atomic E-state index is 12.8. The highest BCUT2D eigenvalue weighted by atomic mass is 16.2. The summed E-state index contributed by atoms with van der Waals surface area (Å²) in [6, 6.07) is 6.22. The van der Waals surface area contributed by atoms with Crippen LogP contribution in [-0.2, 0) is 22.7 Å². The number of imide groups is 1. The van der Waals surface area contributed by atoms with Crippen molar-refractivity contribution in [3.05, 3.63) is 34.9 Å². The second kappa shape index (κ2) is 7.54. The van der Waals surface area contributed by atoms with Gasteiger partial charge in [-0.05, 0) is 61.9 Å². The summed E-state index contributed by atoms with van der Waals surface area (Å²) in [5.74, 6) is 0.0351.